The monoisotopic (exact) mass is 292 g/mol. The van der Waals surface area contributed by atoms with Gasteiger partial charge < -0.3 is 0 Å². The molecule has 0 radical (unpaired) electrons. The lowest BCUT2D eigenvalue weighted by Crippen LogP contribution is -2.03. The second-order valence-electron chi connectivity index (χ2n) is 1.51. The first kappa shape index (κ1) is 8.44. The highest BCUT2D eigenvalue weighted by atomic mass is 79.9. The van der Waals surface area contributed by atoms with E-state index in [1.807, 2.05) is 0 Å². The maximum absolute atomic E-state index is 3.43. The molecule has 0 atom stereocenters. The fourth-order valence-corrected chi connectivity index (χ4v) is 2.42. The number of halogens is 3. The Balaban J connectivity index is 3.15. The summed E-state index contributed by atoms with van der Waals surface area (Å²) in [5.41, 5.74) is 0. The van der Waals surface area contributed by atoms with Crippen LogP contribution in [0.15, 0.2) is 0 Å². The predicted octanol–water partition coefficient (Wildman–Crippen LogP) is 3.28. The summed E-state index contributed by atoms with van der Waals surface area (Å²) in [6.45, 7) is 2.08. The minimum Gasteiger partial charge on any atom is -0.0927 e. The van der Waals surface area contributed by atoms with E-state index >= 15 is 0 Å². The maximum Gasteiger partial charge on any atom is 0.0785 e. The van der Waals surface area contributed by atoms with Gasteiger partial charge in [0.15, 0.2) is 0 Å². The molecule has 0 N–H and O–H groups in total. The van der Waals surface area contributed by atoms with Gasteiger partial charge in [0, 0.05) is 5.33 Å². The van der Waals surface area contributed by atoms with Gasteiger partial charge in [-0.1, -0.05) is 47.8 Å². The molecule has 0 amide bonds. The molecule has 0 bridgehead atoms. The quantitative estimate of drug-likeness (QED) is 0.686. The highest BCUT2D eigenvalue weighted by molar-refractivity contribution is 9.25. The van der Waals surface area contributed by atoms with Crippen molar-refractivity contribution in [2.24, 2.45) is 0 Å². The minimum atomic E-state index is 0.128. The Morgan fingerprint density at radius 2 is 1.86 bits per heavy atom. The van der Waals surface area contributed by atoms with Gasteiger partial charge in [0.1, 0.15) is 0 Å². The topological polar surface area (TPSA) is 0 Å². The van der Waals surface area contributed by atoms with Crippen molar-refractivity contribution in [1.29, 1.82) is 0 Å². The first-order chi connectivity index (χ1) is 3.06. The number of hydrogen-bond acceptors (Lipinski definition) is 0. The van der Waals surface area contributed by atoms with Crippen LogP contribution in [-0.2, 0) is 0 Å². The molecule has 0 fully saturated rings. The summed E-state index contributed by atoms with van der Waals surface area (Å²) in [7, 11) is 0. The van der Waals surface area contributed by atoms with Crippen molar-refractivity contribution in [3.05, 3.63) is 0 Å². The third kappa shape index (κ3) is 7.44. The van der Waals surface area contributed by atoms with Crippen molar-refractivity contribution in [3.63, 3.8) is 0 Å². The molecule has 0 spiro atoms. The van der Waals surface area contributed by atoms with Gasteiger partial charge in [0.2, 0.25) is 0 Å². The Kier molecular flexibility index (Phi) is 4.17. The van der Waals surface area contributed by atoms with E-state index in [9.17, 15) is 0 Å². The van der Waals surface area contributed by atoms with Gasteiger partial charge in [-0.2, -0.15) is 0 Å². The molecular formula is C4H7Br3. The molecule has 0 aliphatic heterocycles. The third-order valence-electron chi connectivity index (χ3n) is 0.533. The van der Waals surface area contributed by atoms with Crippen LogP contribution in [-0.4, -0.2) is 8.56 Å². The summed E-state index contributed by atoms with van der Waals surface area (Å²) in [5.74, 6) is 0. The molecule has 0 rings (SSSR count). The normalized spacial score (nSPS) is 12.0. The van der Waals surface area contributed by atoms with E-state index in [1.54, 1.807) is 0 Å². The van der Waals surface area contributed by atoms with Gasteiger partial charge >= 0.3 is 0 Å². The standard InChI is InChI=1S/C4H7Br3/c1-4(6,7)2-3-5/h2-3H2,1H3. The molecule has 3 heteroatoms. The lowest BCUT2D eigenvalue weighted by Gasteiger charge is -2.09. The molecule has 0 heterocycles. The number of alkyl halides is 3. The fourth-order valence-electron chi connectivity index (χ4n) is 0.166. The van der Waals surface area contributed by atoms with E-state index in [4.69, 9.17) is 0 Å². The Morgan fingerprint density at radius 1 is 1.43 bits per heavy atom. The van der Waals surface area contributed by atoms with E-state index < -0.39 is 0 Å². The maximum atomic E-state index is 3.43. The van der Waals surface area contributed by atoms with Crippen LogP contribution in [0.3, 0.4) is 0 Å². The zero-order valence-electron chi connectivity index (χ0n) is 4.05. The van der Waals surface area contributed by atoms with E-state index in [0.717, 1.165) is 11.8 Å². The van der Waals surface area contributed by atoms with Crippen LogP contribution in [0.1, 0.15) is 13.3 Å². The summed E-state index contributed by atoms with van der Waals surface area (Å²) < 4.78 is 0.128. The smallest absolute Gasteiger partial charge is 0.0785 e. The summed E-state index contributed by atoms with van der Waals surface area (Å²) in [5, 5.41) is 1.03. The lowest BCUT2D eigenvalue weighted by molar-refractivity contribution is 0.894. The van der Waals surface area contributed by atoms with Crippen molar-refractivity contribution >= 4 is 47.8 Å². The third-order valence-corrected chi connectivity index (χ3v) is 1.72. The SMILES string of the molecule is CC(Br)(Br)CCBr. The van der Waals surface area contributed by atoms with Crippen LogP contribution in [0.2, 0.25) is 0 Å². The molecule has 0 aliphatic rings. The highest BCUT2D eigenvalue weighted by Gasteiger charge is 2.12. The van der Waals surface area contributed by atoms with Crippen molar-refractivity contribution in [1.82, 2.24) is 0 Å². The van der Waals surface area contributed by atoms with Crippen molar-refractivity contribution < 1.29 is 0 Å². The average Bonchev–Trinajstić information content (AvgIpc) is 1.30. The van der Waals surface area contributed by atoms with Crippen LogP contribution in [0, 0.1) is 0 Å². The molecule has 0 nitrogen and oxygen atoms in total. The zero-order valence-corrected chi connectivity index (χ0v) is 8.81. The average molecular weight is 295 g/mol. The fraction of sp³-hybridized carbons (Fsp3) is 1.00. The zero-order chi connectivity index (χ0) is 5.91. The van der Waals surface area contributed by atoms with Gasteiger partial charge in [0.05, 0.1) is 3.23 Å². The first-order valence-corrected chi connectivity index (χ1v) is 4.71. The molecule has 0 aromatic rings. The van der Waals surface area contributed by atoms with Crippen molar-refractivity contribution in [3.8, 4) is 0 Å². The van der Waals surface area contributed by atoms with E-state index in [0.29, 0.717) is 0 Å². The van der Waals surface area contributed by atoms with Gasteiger partial charge in [-0.25, -0.2) is 0 Å². The largest absolute Gasteiger partial charge is 0.0927 e. The summed E-state index contributed by atoms with van der Waals surface area (Å²) in [6, 6.07) is 0. The van der Waals surface area contributed by atoms with Crippen LogP contribution >= 0.6 is 47.8 Å². The van der Waals surface area contributed by atoms with E-state index in [2.05, 4.69) is 54.7 Å². The Hall–Kier alpha value is 1.44. The van der Waals surface area contributed by atoms with Gasteiger partial charge in [-0.3, -0.25) is 0 Å². The van der Waals surface area contributed by atoms with E-state index in [1.165, 1.54) is 0 Å². The molecule has 44 valence electrons. The van der Waals surface area contributed by atoms with Gasteiger partial charge in [-0.05, 0) is 13.3 Å². The molecule has 0 aromatic carbocycles. The second-order valence-corrected chi connectivity index (χ2v) is 6.87. The summed E-state index contributed by atoms with van der Waals surface area (Å²) in [6.07, 6.45) is 1.09. The van der Waals surface area contributed by atoms with Crippen molar-refractivity contribution in [2.75, 3.05) is 5.33 Å². The van der Waals surface area contributed by atoms with Crippen LogP contribution in [0.4, 0.5) is 0 Å². The highest BCUT2D eigenvalue weighted by Crippen LogP contribution is 2.29. The number of hydrogen-bond donors (Lipinski definition) is 0. The Morgan fingerprint density at radius 3 is 1.86 bits per heavy atom. The molecule has 0 saturated carbocycles. The second kappa shape index (κ2) is 3.46. The summed E-state index contributed by atoms with van der Waals surface area (Å²) in [4.78, 5) is 0. The molecule has 7 heavy (non-hydrogen) atoms. The predicted molar refractivity (Wildman–Crippen MR) is 44.7 cm³/mol. The van der Waals surface area contributed by atoms with Crippen molar-refractivity contribution in [2.45, 2.75) is 16.6 Å². The first-order valence-electron chi connectivity index (χ1n) is 2.00. The van der Waals surface area contributed by atoms with Gasteiger partial charge in [0.25, 0.3) is 0 Å². The summed E-state index contributed by atoms with van der Waals surface area (Å²) >= 11 is 10.2. The van der Waals surface area contributed by atoms with Crippen LogP contribution in [0.25, 0.3) is 0 Å². The molecule has 0 aromatic heterocycles. The minimum absolute atomic E-state index is 0.128. The van der Waals surface area contributed by atoms with Gasteiger partial charge in [-0.15, -0.1) is 0 Å². The van der Waals surface area contributed by atoms with Crippen LogP contribution in [0.5, 0.6) is 0 Å². The lowest BCUT2D eigenvalue weighted by atomic mass is 10.4. The molecular weight excluding hydrogens is 288 g/mol. The van der Waals surface area contributed by atoms with Crippen LogP contribution < -0.4 is 0 Å². The Labute approximate surface area is 69.4 Å². The molecule has 0 unspecified atom stereocenters. The molecule has 0 aliphatic carbocycles. The Bertz CT molecular complexity index is 45.4. The van der Waals surface area contributed by atoms with E-state index in [-0.39, 0.29) is 3.23 Å². The molecule has 0 saturated heterocycles. The number of rotatable bonds is 2.